The summed E-state index contributed by atoms with van der Waals surface area (Å²) in [7, 11) is 0. The zero-order valence-corrected chi connectivity index (χ0v) is 17.3. The summed E-state index contributed by atoms with van der Waals surface area (Å²) in [5, 5.41) is 7.42. The van der Waals surface area contributed by atoms with Crippen LogP contribution in [0, 0.1) is 0 Å². The van der Waals surface area contributed by atoms with Gasteiger partial charge in [-0.25, -0.2) is 0 Å². The second-order valence-corrected chi connectivity index (χ2v) is 7.85. The van der Waals surface area contributed by atoms with E-state index in [0.717, 1.165) is 31.3 Å². The number of fused-ring (bicyclic) bond motifs is 6. The fourth-order valence-electron chi connectivity index (χ4n) is 4.57. The fraction of sp³-hybridized carbons (Fsp3) is 0.107. The largest absolute Gasteiger partial charge is 0.481 e. The van der Waals surface area contributed by atoms with Crippen molar-refractivity contribution in [1.29, 1.82) is 0 Å². The van der Waals surface area contributed by atoms with Gasteiger partial charge in [0.2, 0.25) is 0 Å². The van der Waals surface area contributed by atoms with Crippen molar-refractivity contribution in [3.05, 3.63) is 107 Å². The standard InChI is InChI=1S/C26H18O.C2H4O2/c1-3-9-19-17(7-1)15-23-21(19)11-5-13-25(23)27-26-14-6-12-22-20-10-4-2-8-18(20)16-24(22)26;1-2(3)4/h1-14H,15-16H2;1H3,(H,3,4). The van der Waals surface area contributed by atoms with E-state index in [1.807, 2.05) is 0 Å². The molecule has 0 spiro atoms. The van der Waals surface area contributed by atoms with Crippen molar-refractivity contribution >= 4 is 5.97 Å². The summed E-state index contributed by atoms with van der Waals surface area (Å²) in [6.45, 7) is 1.08. The molecule has 1 N–H and O–H groups in total. The summed E-state index contributed by atoms with van der Waals surface area (Å²) < 4.78 is 6.53. The molecule has 0 unspecified atom stereocenters. The van der Waals surface area contributed by atoms with Crippen LogP contribution in [0.15, 0.2) is 84.9 Å². The molecular formula is C28H22O3. The fourth-order valence-corrected chi connectivity index (χ4v) is 4.57. The Labute approximate surface area is 181 Å². The van der Waals surface area contributed by atoms with Crippen LogP contribution in [-0.2, 0) is 17.6 Å². The molecule has 0 fully saturated rings. The van der Waals surface area contributed by atoms with Gasteiger partial charge in [0, 0.05) is 30.9 Å². The van der Waals surface area contributed by atoms with E-state index in [9.17, 15) is 0 Å². The average Bonchev–Trinajstić information content (AvgIpc) is 3.33. The number of rotatable bonds is 2. The van der Waals surface area contributed by atoms with Gasteiger partial charge in [0.1, 0.15) is 11.5 Å². The van der Waals surface area contributed by atoms with Gasteiger partial charge in [-0.3, -0.25) is 4.79 Å². The molecule has 6 rings (SSSR count). The second-order valence-electron chi connectivity index (χ2n) is 7.85. The highest BCUT2D eigenvalue weighted by Gasteiger charge is 2.24. The quantitative estimate of drug-likeness (QED) is 0.347. The Morgan fingerprint density at radius 2 is 1.03 bits per heavy atom. The minimum Gasteiger partial charge on any atom is -0.481 e. The minimum atomic E-state index is -0.833. The van der Waals surface area contributed by atoms with Gasteiger partial charge in [-0.15, -0.1) is 0 Å². The Morgan fingerprint density at radius 1 is 0.645 bits per heavy atom. The van der Waals surface area contributed by atoms with Crippen molar-refractivity contribution in [2.45, 2.75) is 19.8 Å². The van der Waals surface area contributed by atoms with E-state index in [1.54, 1.807) is 0 Å². The third-order valence-corrected chi connectivity index (χ3v) is 5.84. The highest BCUT2D eigenvalue weighted by atomic mass is 16.5. The Balaban J connectivity index is 0.000000473. The Morgan fingerprint density at radius 3 is 1.48 bits per heavy atom. The first-order valence-corrected chi connectivity index (χ1v) is 10.4. The SMILES string of the molecule is CC(=O)O.c1ccc2c(c1)Cc1c(Oc3cccc4c3Cc3ccccc3-4)cccc1-2. The molecule has 0 atom stereocenters. The first-order valence-electron chi connectivity index (χ1n) is 10.4. The third kappa shape index (κ3) is 3.49. The van der Waals surface area contributed by atoms with Gasteiger partial charge in [-0.1, -0.05) is 72.8 Å². The van der Waals surface area contributed by atoms with Gasteiger partial charge in [-0.05, 0) is 45.5 Å². The molecule has 4 aromatic carbocycles. The lowest BCUT2D eigenvalue weighted by Crippen LogP contribution is -1.94. The molecule has 31 heavy (non-hydrogen) atoms. The van der Waals surface area contributed by atoms with Crippen LogP contribution in [0.25, 0.3) is 22.3 Å². The van der Waals surface area contributed by atoms with Crippen LogP contribution in [0.1, 0.15) is 29.2 Å². The molecule has 0 saturated carbocycles. The van der Waals surface area contributed by atoms with Gasteiger partial charge in [0.05, 0.1) is 0 Å². The predicted octanol–water partition coefficient (Wildman–Crippen LogP) is 6.71. The molecular weight excluding hydrogens is 384 g/mol. The molecule has 0 aliphatic heterocycles. The van der Waals surface area contributed by atoms with Gasteiger partial charge in [-0.2, -0.15) is 0 Å². The predicted molar refractivity (Wildman–Crippen MR) is 123 cm³/mol. The number of carbonyl (C=O) groups is 1. The topological polar surface area (TPSA) is 46.5 Å². The summed E-state index contributed by atoms with van der Waals surface area (Å²) in [5.41, 5.74) is 10.6. The molecule has 0 aromatic heterocycles. The van der Waals surface area contributed by atoms with Crippen LogP contribution < -0.4 is 4.74 Å². The highest BCUT2D eigenvalue weighted by Crippen LogP contribution is 2.45. The lowest BCUT2D eigenvalue weighted by atomic mass is 10.0. The summed E-state index contributed by atoms with van der Waals surface area (Å²) in [6, 6.07) is 30.2. The zero-order valence-electron chi connectivity index (χ0n) is 17.3. The number of carboxylic acid groups (broad SMARTS) is 1. The van der Waals surface area contributed by atoms with Crippen molar-refractivity contribution in [3.8, 4) is 33.8 Å². The number of benzene rings is 4. The zero-order chi connectivity index (χ0) is 21.4. The molecule has 2 aliphatic rings. The lowest BCUT2D eigenvalue weighted by molar-refractivity contribution is -0.134. The molecule has 2 aliphatic carbocycles. The Hall–Kier alpha value is -3.85. The maximum absolute atomic E-state index is 9.00. The monoisotopic (exact) mass is 406 g/mol. The summed E-state index contributed by atoms with van der Waals surface area (Å²) >= 11 is 0. The first kappa shape index (κ1) is 19.1. The van der Waals surface area contributed by atoms with E-state index in [2.05, 4.69) is 84.9 Å². The first-order chi connectivity index (χ1) is 15.1. The maximum Gasteiger partial charge on any atom is 0.300 e. The van der Waals surface area contributed by atoms with Gasteiger partial charge in [0.25, 0.3) is 5.97 Å². The molecule has 4 aromatic rings. The molecule has 0 bridgehead atoms. The number of aliphatic carboxylic acids is 1. The van der Waals surface area contributed by atoms with Gasteiger partial charge < -0.3 is 9.84 Å². The number of hydrogen-bond acceptors (Lipinski definition) is 2. The normalized spacial score (nSPS) is 12.0. The molecule has 152 valence electrons. The van der Waals surface area contributed by atoms with E-state index in [1.165, 1.54) is 44.5 Å². The number of ether oxygens (including phenoxy) is 1. The van der Waals surface area contributed by atoms with Crippen molar-refractivity contribution in [3.63, 3.8) is 0 Å². The molecule has 0 saturated heterocycles. The van der Waals surface area contributed by atoms with E-state index < -0.39 is 5.97 Å². The number of hydrogen-bond donors (Lipinski definition) is 1. The van der Waals surface area contributed by atoms with Crippen LogP contribution in [0.2, 0.25) is 0 Å². The lowest BCUT2D eigenvalue weighted by Gasteiger charge is -2.14. The van der Waals surface area contributed by atoms with Gasteiger partial charge in [0.15, 0.2) is 0 Å². The molecule has 0 heterocycles. The Kier molecular flexibility index (Phi) is 4.79. The van der Waals surface area contributed by atoms with E-state index in [0.29, 0.717) is 0 Å². The molecule has 3 heteroatoms. The average molecular weight is 406 g/mol. The van der Waals surface area contributed by atoms with Crippen molar-refractivity contribution < 1.29 is 14.6 Å². The highest BCUT2D eigenvalue weighted by molar-refractivity contribution is 5.81. The van der Waals surface area contributed by atoms with E-state index >= 15 is 0 Å². The number of carboxylic acids is 1. The van der Waals surface area contributed by atoms with Crippen LogP contribution >= 0.6 is 0 Å². The van der Waals surface area contributed by atoms with Crippen LogP contribution in [0.5, 0.6) is 11.5 Å². The smallest absolute Gasteiger partial charge is 0.300 e. The van der Waals surface area contributed by atoms with Crippen molar-refractivity contribution in [1.82, 2.24) is 0 Å². The molecule has 0 radical (unpaired) electrons. The molecule has 3 nitrogen and oxygen atoms in total. The summed E-state index contributed by atoms with van der Waals surface area (Å²) in [5.74, 6) is 1.13. The van der Waals surface area contributed by atoms with E-state index in [4.69, 9.17) is 14.6 Å². The Bertz CT molecular complexity index is 1200. The third-order valence-electron chi connectivity index (χ3n) is 5.84. The van der Waals surface area contributed by atoms with Gasteiger partial charge >= 0.3 is 0 Å². The van der Waals surface area contributed by atoms with Crippen LogP contribution in [0.4, 0.5) is 0 Å². The second kappa shape index (κ2) is 7.77. The maximum atomic E-state index is 9.00. The van der Waals surface area contributed by atoms with E-state index in [-0.39, 0.29) is 0 Å². The molecule has 0 amide bonds. The summed E-state index contributed by atoms with van der Waals surface area (Å²) in [6.07, 6.45) is 1.88. The van der Waals surface area contributed by atoms with Crippen LogP contribution in [0.3, 0.4) is 0 Å². The summed E-state index contributed by atoms with van der Waals surface area (Å²) in [4.78, 5) is 9.00. The van der Waals surface area contributed by atoms with Crippen molar-refractivity contribution in [2.75, 3.05) is 0 Å². The van der Waals surface area contributed by atoms with Crippen molar-refractivity contribution in [2.24, 2.45) is 0 Å². The van der Waals surface area contributed by atoms with Crippen LogP contribution in [-0.4, -0.2) is 11.1 Å². The minimum absolute atomic E-state index is 0.833.